The molecule has 2 heterocycles. The monoisotopic (exact) mass is 354 g/mol. The highest BCUT2D eigenvalue weighted by Crippen LogP contribution is 2.14. The summed E-state index contributed by atoms with van der Waals surface area (Å²) in [5.74, 6) is 0.715. The maximum atomic E-state index is 11.6. The minimum atomic E-state index is -2.79. The topological polar surface area (TPSA) is 53.9 Å². The number of aryl methyl sites for hydroxylation is 1. The lowest BCUT2D eigenvalue weighted by molar-refractivity contribution is -0.925. The van der Waals surface area contributed by atoms with Crippen LogP contribution in [0.15, 0.2) is 24.3 Å². The zero-order valence-corrected chi connectivity index (χ0v) is 15.0. The Morgan fingerprint density at radius 3 is 2.61 bits per heavy atom. The number of thiocarbonyl (C=S) groups is 1. The Kier molecular flexibility index (Phi) is 4.89. The molecule has 2 fully saturated rings. The van der Waals surface area contributed by atoms with Gasteiger partial charge >= 0.3 is 0 Å². The SMILES string of the molecule is Cc1ccccc1NC(=S)N1CC[NH+]([C@H]2CCS(=O)(=O)C2)CC1. The van der Waals surface area contributed by atoms with Crippen LogP contribution in [0.2, 0.25) is 0 Å². The average Bonchev–Trinajstić information content (AvgIpc) is 2.90. The van der Waals surface area contributed by atoms with Crippen molar-refractivity contribution in [3.63, 3.8) is 0 Å². The first-order chi connectivity index (χ1) is 10.9. The largest absolute Gasteiger partial charge is 0.338 e. The zero-order valence-electron chi connectivity index (χ0n) is 13.4. The highest BCUT2D eigenvalue weighted by Gasteiger charge is 2.37. The highest BCUT2D eigenvalue weighted by molar-refractivity contribution is 7.91. The van der Waals surface area contributed by atoms with E-state index in [4.69, 9.17) is 12.2 Å². The van der Waals surface area contributed by atoms with Gasteiger partial charge in [-0.1, -0.05) is 18.2 Å². The number of para-hydroxylation sites is 1. The van der Waals surface area contributed by atoms with Crippen LogP contribution in [-0.2, 0) is 9.84 Å². The second-order valence-corrected chi connectivity index (χ2v) is 9.11. The molecule has 0 radical (unpaired) electrons. The number of hydrogen-bond donors (Lipinski definition) is 2. The van der Waals surface area contributed by atoms with E-state index in [1.54, 1.807) is 0 Å². The number of rotatable bonds is 2. The van der Waals surface area contributed by atoms with Gasteiger partial charge in [0.15, 0.2) is 14.9 Å². The molecule has 126 valence electrons. The average molecular weight is 355 g/mol. The number of nitrogens with one attached hydrogen (secondary N) is 2. The van der Waals surface area contributed by atoms with Crippen LogP contribution in [0.5, 0.6) is 0 Å². The van der Waals surface area contributed by atoms with Crippen LogP contribution in [0.4, 0.5) is 5.69 Å². The molecule has 0 saturated carbocycles. The summed E-state index contributed by atoms with van der Waals surface area (Å²) in [4.78, 5) is 3.61. The molecule has 0 bridgehead atoms. The number of sulfone groups is 1. The molecule has 0 unspecified atom stereocenters. The van der Waals surface area contributed by atoms with Gasteiger partial charge in [-0.2, -0.15) is 0 Å². The standard InChI is InChI=1S/C16H23N3O2S2/c1-13-4-2-3-5-15(13)17-16(22)19-9-7-18(8-10-19)14-6-11-23(20,21)12-14/h2-5,14H,6-12H2,1H3,(H,17,22)/p+1/t14-/m0/s1. The van der Waals surface area contributed by atoms with Crippen molar-refractivity contribution >= 4 is 32.9 Å². The number of anilines is 1. The maximum absolute atomic E-state index is 11.6. The van der Waals surface area contributed by atoms with Crippen molar-refractivity contribution in [2.45, 2.75) is 19.4 Å². The first kappa shape index (κ1) is 16.7. The zero-order chi connectivity index (χ0) is 16.4. The predicted molar refractivity (Wildman–Crippen MR) is 96.7 cm³/mol. The lowest BCUT2D eigenvalue weighted by atomic mass is 10.2. The van der Waals surface area contributed by atoms with E-state index in [-0.39, 0.29) is 6.04 Å². The number of hydrogen-bond acceptors (Lipinski definition) is 3. The molecule has 2 N–H and O–H groups in total. The second-order valence-electron chi connectivity index (χ2n) is 6.49. The van der Waals surface area contributed by atoms with E-state index in [1.807, 2.05) is 18.2 Å². The van der Waals surface area contributed by atoms with Gasteiger partial charge in [-0.05, 0) is 30.8 Å². The molecule has 3 rings (SSSR count). The third-order valence-corrected chi connectivity index (χ3v) is 7.02. The summed E-state index contributed by atoms with van der Waals surface area (Å²) < 4.78 is 23.3. The van der Waals surface area contributed by atoms with Gasteiger partial charge < -0.3 is 15.1 Å². The summed E-state index contributed by atoms with van der Waals surface area (Å²) in [5.41, 5.74) is 2.23. The van der Waals surface area contributed by atoms with E-state index in [9.17, 15) is 8.42 Å². The maximum Gasteiger partial charge on any atom is 0.173 e. The molecule has 2 aliphatic heterocycles. The second kappa shape index (κ2) is 6.75. The van der Waals surface area contributed by atoms with E-state index in [0.717, 1.165) is 43.4 Å². The number of piperazine rings is 1. The van der Waals surface area contributed by atoms with Crippen molar-refractivity contribution in [1.82, 2.24) is 4.90 Å². The van der Waals surface area contributed by atoms with E-state index >= 15 is 0 Å². The van der Waals surface area contributed by atoms with Crippen LogP contribution >= 0.6 is 12.2 Å². The molecule has 1 aromatic carbocycles. The van der Waals surface area contributed by atoms with E-state index in [2.05, 4.69) is 23.2 Å². The fraction of sp³-hybridized carbons (Fsp3) is 0.562. The van der Waals surface area contributed by atoms with Gasteiger partial charge in [0.1, 0.15) is 11.8 Å². The molecule has 1 aromatic rings. The highest BCUT2D eigenvalue weighted by atomic mass is 32.2. The Hall–Kier alpha value is -1.18. The Balaban J connectivity index is 1.53. The molecule has 0 amide bonds. The van der Waals surface area contributed by atoms with E-state index in [0.29, 0.717) is 11.5 Å². The summed E-state index contributed by atoms with van der Waals surface area (Å²) in [7, 11) is -2.79. The van der Waals surface area contributed by atoms with Crippen molar-refractivity contribution < 1.29 is 13.3 Å². The van der Waals surface area contributed by atoms with Crippen LogP contribution < -0.4 is 10.2 Å². The number of nitrogens with zero attached hydrogens (tertiary/aromatic N) is 1. The summed E-state index contributed by atoms with van der Waals surface area (Å²) in [6.07, 6.45) is 0.809. The van der Waals surface area contributed by atoms with Crippen molar-refractivity contribution in [2.75, 3.05) is 43.0 Å². The number of benzene rings is 1. The summed E-state index contributed by atoms with van der Waals surface area (Å²) in [6.45, 7) is 5.73. The molecule has 2 aliphatic rings. The smallest absolute Gasteiger partial charge is 0.173 e. The Morgan fingerprint density at radius 2 is 2.00 bits per heavy atom. The van der Waals surface area contributed by atoms with Crippen molar-refractivity contribution in [3.05, 3.63) is 29.8 Å². The van der Waals surface area contributed by atoms with Gasteiger partial charge in [0.2, 0.25) is 0 Å². The van der Waals surface area contributed by atoms with Crippen LogP contribution in [0.3, 0.4) is 0 Å². The molecule has 1 atom stereocenters. The quantitative estimate of drug-likeness (QED) is 0.737. The van der Waals surface area contributed by atoms with Gasteiger partial charge in [0, 0.05) is 12.1 Å². The van der Waals surface area contributed by atoms with Gasteiger partial charge in [0.05, 0.1) is 31.9 Å². The molecule has 7 heteroatoms. The van der Waals surface area contributed by atoms with Gasteiger partial charge in [-0.3, -0.25) is 0 Å². The van der Waals surface area contributed by atoms with E-state index in [1.165, 1.54) is 10.5 Å². The van der Waals surface area contributed by atoms with Crippen LogP contribution in [0, 0.1) is 6.92 Å². The molecule has 0 spiro atoms. The van der Waals surface area contributed by atoms with Gasteiger partial charge in [0.25, 0.3) is 0 Å². The lowest BCUT2D eigenvalue weighted by Gasteiger charge is -2.36. The fourth-order valence-electron chi connectivity index (χ4n) is 3.43. The summed E-state index contributed by atoms with van der Waals surface area (Å²) >= 11 is 5.54. The third kappa shape index (κ3) is 4.02. The van der Waals surface area contributed by atoms with Crippen LogP contribution in [-0.4, -0.2) is 62.2 Å². The van der Waals surface area contributed by atoms with Crippen molar-refractivity contribution in [2.24, 2.45) is 0 Å². The summed E-state index contributed by atoms with van der Waals surface area (Å²) in [6, 6.07) is 8.39. The Morgan fingerprint density at radius 1 is 1.30 bits per heavy atom. The first-order valence-corrected chi connectivity index (χ1v) is 10.3. The Labute approximate surface area is 143 Å². The minimum Gasteiger partial charge on any atom is -0.338 e. The molecule has 0 aliphatic carbocycles. The van der Waals surface area contributed by atoms with Crippen molar-refractivity contribution in [3.8, 4) is 0 Å². The lowest BCUT2D eigenvalue weighted by Crippen LogP contribution is -3.18. The van der Waals surface area contributed by atoms with Gasteiger partial charge in [-0.25, -0.2) is 8.42 Å². The van der Waals surface area contributed by atoms with E-state index < -0.39 is 9.84 Å². The normalized spacial score (nSPS) is 24.6. The third-order valence-electron chi connectivity index (χ3n) is 4.89. The Bertz CT molecular complexity index is 682. The number of quaternary nitrogens is 1. The van der Waals surface area contributed by atoms with Crippen LogP contribution in [0.1, 0.15) is 12.0 Å². The molecule has 2 saturated heterocycles. The molecule has 5 nitrogen and oxygen atoms in total. The predicted octanol–water partition coefficient (Wildman–Crippen LogP) is 0.0794. The van der Waals surface area contributed by atoms with Crippen molar-refractivity contribution in [1.29, 1.82) is 0 Å². The summed E-state index contributed by atoms with van der Waals surface area (Å²) in [5, 5.41) is 4.09. The fourth-order valence-corrected chi connectivity index (χ4v) is 5.55. The minimum absolute atomic E-state index is 0.278. The molecule has 23 heavy (non-hydrogen) atoms. The first-order valence-electron chi connectivity index (χ1n) is 8.11. The molecular weight excluding hydrogens is 330 g/mol. The van der Waals surface area contributed by atoms with Crippen LogP contribution in [0.25, 0.3) is 0 Å². The molecular formula is C16H24N3O2S2+. The van der Waals surface area contributed by atoms with Gasteiger partial charge in [-0.15, -0.1) is 0 Å². The molecule has 0 aromatic heterocycles.